The van der Waals surface area contributed by atoms with Gasteiger partial charge in [-0.2, -0.15) is 0 Å². The van der Waals surface area contributed by atoms with Crippen LogP contribution in [0.2, 0.25) is 0 Å². The van der Waals surface area contributed by atoms with Crippen LogP contribution in [-0.2, 0) is 9.59 Å². The van der Waals surface area contributed by atoms with Crippen LogP contribution in [0.1, 0.15) is 45.4 Å². The minimum atomic E-state index is -1.08. The van der Waals surface area contributed by atoms with Crippen molar-refractivity contribution in [1.82, 2.24) is 10.6 Å². The normalized spacial score (nSPS) is 15.3. The van der Waals surface area contributed by atoms with Crippen molar-refractivity contribution in [3.05, 3.63) is 24.2 Å². The third-order valence-electron chi connectivity index (χ3n) is 3.21. The summed E-state index contributed by atoms with van der Waals surface area (Å²) in [5, 5.41) is 14.8. The number of carboxylic acids is 1. The lowest BCUT2D eigenvalue weighted by atomic mass is 9.96. The molecule has 3 N–H and O–H groups in total. The summed E-state index contributed by atoms with van der Waals surface area (Å²) in [4.78, 5) is 23.0. The molecular weight excluding hydrogens is 260 g/mol. The van der Waals surface area contributed by atoms with E-state index >= 15 is 0 Å². The van der Waals surface area contributed by atoms with Crippen molar-refractivity contribution in [2.45, 2.75) is 45.2 Å². The largest absolute Gasteiger partial charge is 0.480 e. The molecule has 2 unspecified atom stereocenters. The molecule has 0 aliphatic rings. The van der Waals surface area contributed by atoms with Crippen molar-refractivity contribution < 1.29 is 19.1 Å². The number of carbonyl (C=O) groups excluding carboxylic acids is 1. The Kier molecular flexibility index (Phi) is 5.76. The number of amides is 1. The second kappa shape index (κ2) is 7.09. The number of aliphatic carboxylic acids is 1. The van der Waals surface area contributed by atoms with Gasteiger partial charge in [-0.05, 0) is 32.4 Å². The van der Waals surface area contributed by atoms with Gasteiger partial charge in [-0.3, -0.25) is 14.9 Å². The summed E-state index contributed by atoms with van der Waals surface area (Å²) in [6.45, 7) is 5.25. The van der Waals surface area contributed by atoms with Gasteiger partial charge in [0.2, 0.25) is 5.91 Å². The molecule has 0 saturated heterocycles. The van der Waals surface area contributed by atoms with Gasteiger partial charge in [0.25, 0.3) is 0 Å². The first-order valence-corrected chi connectivity index (χ1v) is 6.70. The van der Waals surface area contributed by atoms with Crippen molar-refractivity contribution in [2.75, 3.05) is 6.54 Å². The average Bonchev–Trinajstić information content (AvgIpc) is 2.90. The zero-order valence-corrected chi connectivity index (χ0v) is 12.1. The Hall–Kier alpha value is -1.82. The molecule has 6 heteroatoms. The minimum absolute atomic E-state index is 0.0478. The van der Waals surface area contributed by atoms with Gasteiger partial charge in [-0.25, -0.2) is 0 Å². The lowest BCUT2D eigenvalue weighted by Crippen LogP contribution is -2.52. The van der Waals surface area contributed by atoms with E-state index in [2.05, 4.69) is 10.6 Å². The number of carbonyl (C=O) groups is 2. The van der Waals surface area contributed by atoms with Crippen LogP contribution in [0.15, 0.2) is 22.8 Å². The Morgan fingerprint density at radius 2 is 2.20 bits per heavy atom. The van der Waals surface area contributed by atoms with Crippen LogP contribution in [0.4, 0.5) is 0 Å². The average molecular weight is 282 g/mol. The molecule has 0 radical (unpaired) electrons. The van der Waals surface area contributed by atoms with E-state index in [0.717, 1.165) is 6.42 Å². The maximum absolute atomic E-state index is 11.8. The maximum Gasteiger partial charge on any atom is 0.323 e. The van der Waals surface area contributed by atoms with E-state index < -0.39 is 11.5 Å². The van der Waals surface area contributed by atoms with E-state index in [0.29, 0.717) is 12.2 Å². The van der Waals surface area contributed by atoms with Crippen molar-refractivity contribution in [3.8, 4) is 0 Å². The monoisotopic (exact) mass is 282 g/mol. The molecule has 6 nitrogen and oxygen atoms in total. The van der Waals surface area contributed by atoms with Gasteiger partial charge in [0.05, 0.1) is 18.8 Å². The van der Waals surface area contributed by atoms with Crippen LogP contribution in [0.25, 0.3) is 0 Å². The summed E-state index contributed by atoms with van der Waals surface area (Å²) in [5.41, 5.74) is -1.08. The molecule has 1 amide bonds. The molecule has 0 saturated carbocycles. The van der Waals surface area contributed by atoms with Crippen molar-refractivity contribution in [2.24, 2.45) is 0 Å². The lowest BCUT2D eigenvalue weighted by molar-refractivity contribution is -0.144. The third kappa shape index (κ3) is 4.38. The van der Waals surface area contributed by atoms with Gasteiger partial charge in [0.15, 0.2) is 0 Å². The first-order valence-electron chi connectivity index (χ1n) is 6.70. The molecule has 0 bridgehead atoms. The van der Waals surface area contributed by atoms with Crippen molar-refractivity contribution in [3.63, 3.8) is 0 Å². The molecule has 0 aromatic carbocycles. The molecule has 1 heterocycles. The molecule has 2 atom stereocenters. The predicted molar refractivity (Wildman–Crippen MR) is 74.2 cm³/mol. The molecule has 0 aliphatic carbocycles. The summed E-state index contributed by atoms with van der Waals surface area (Å²) in [7, 11) is 0. The van der Waals surface area contributed by atoms with E-state index in [1.54, 1.807) is 32.2 Å². The highest BCUT2D eigenvalue weighted by Crippen LogP contribution is 2.13. The molecule has 1 aromatic rings. The molecule has 0 fully saturated rings. The van der Waals surface area contributed by atoms with Gasteiger partial charge in [0, 0.05) is 0 Å². The van der Waals surface area contributed by atoms with Crippen LogP contribution < -0.4 is 10.6 Å². The van der Waals surface area contributed by atoms with E-state index in [1.165, 1.54) is 0 Å². The quantitative estimate of drug-likeness (QED) is 0.675. The highest BCUT2D eigenvalue weighted by atomic mass is 16.4. The Labute approximate surface area is 118 Å². The van der Waals surface area contributed by atoms with Crippen LogP contribution in [-0.4, -0.2) is 29.1 Å². The van der Waals surface area contributed by atoms with Crippen molar-refractivity contribution >= 4 is 11.9 Å². The maximum atomic E-state index is 11.8. The second-order valence-electron chi connectivity index (χ2n) is 5.05. The number of hydrogen-bond donors (Lipinski definition) is 3. The molecular formula is C14H22N2O4. The summed E-state index contributed by atoms with van der Waals surface area (Å²) in [5.74, 6) is -0.559. The molecule has 112 valence electrons. The van der Waals surface area contributed by atoms with Gasteiger partial charge in [-0.15, -0.1) is 0 Å². The van der Waals surface area contributed by atoms with Crippen LogP contribution in [0, 0.1) is 0 Å². The third-order valence-corrected chi connectivity index (χ3v) is 3.21. The van der Waals surface area contributed by atoms with Crippen LogP contribution >= 0.6 is 0 Å². The molecule has 1 rings (SSSR count). The number of furan rings is 1. The topological polar surface area (TPSA) is 91.6 Å². The van der Waals surface area contributed by atoms with Gasteiger partial charge < -0.3 is 14.8 Å². The highest BCUT2D eigenvalue weighted by Gasteiger charge is 2.32. The zero-order valence-electron chi connectivity index (χ0n) is 12.1. The van der Waals surface area contributed by atoms with E-state index in [1.807, 2.05) is 6.92 Å². The Morgan fingerprint density at radius 1 is 1.50 bits per heavy atom. The zero-order chi connectivity index (χ0) is 15.2. The Bertz CT molecular complexity index is 444. The standard InChI is InChI=1S/C14H22N2O4/c1-4-7-14(3,13(18)19)15-9-12(17)16-10(2)11-6-5-8-20-11/h5-6,8,10,15H,4,7,9H2,1-3H3,(H,16,17)(H,18,19). The van der Waals surface area contributed by atoms with E-state index in [4.69, 9.17) is 4.42 Å². The summed E-state index contributed by atoms with van der Waals surface area (Å²) >= 11 is 0. The second-order valence-corrected chi connectivity index (χ2v) is 5.05. The van der Waals surface area contributed by atoms with Gasteiger partial charge in [0.1, 0.15) is 11.3 Å². The molecule has 0 aliphatic heterocycles. The summed E-state index contributed by atoms with van der Waals surface area (Å²) < 4.78 is 5.19. The van der Waals surface area contributed by atoms with E-state index in [9.17, 15) is 14.7 Å². The molecule has 20 heavy (non-hydrogen) atoms. The van der Waals surface area contributed by atoms with Gasteiger partial charge >= 0.3 is 5.97 Å². The highest BCUT2D eigenvalue weighted by molar-refractivity contribution is 5.82. The van der Waals surface area contributed by atoms with Crippen LogP contribution in [0.5, 0.6) is 0 Å². The van der Waals surface area contributed by atoms with Crippen LogP contribution in [0.3, 0.4) is 0 Å². The number of hydrogen-bond acceptors (Lipinski definition) is 4. The number of carboxylic acid groups (broad SMARTS) is 1. The first-order chi connectivity index (χ1) is 9.39. The molecule has 0 spiro atoms. The Balaban J connectivity index is 2.48. The summed E-state index contributed by atoms with van der Waals surface area (Å²) in [6, 6.07) is 3.28. The fourth-order valence-electron chi connectivity index (χ4n) is 1.95. The number of rotatable bonds is 8. The SMILES string of the molecule is CCCC(C)(NCC(=O)NC(C)c1ccco1)C(=O)O. The fraction of sp³-hybridized carbons (Fsp3) is 0.571. The first kappa shape index (κ1) is 16.2. The lowest BCUT2D eigenvalue weighted by Gasteiger charge is -2.25. The van der Waals surface area contributed by atoms with Gasteiger partial charge in [-0.1, -0.05) is 13.3 Å². The minimum Gasteiger partial charge on any atom is -0.480 e. The van der Waals surface area contributed by atoms with Crippen molar-refractivity contribution in [1.29, 1.82) is 0 Å². The summed E-state index contributed by atoms with van der Waals surface area (Å²) in [6.07, 6.45) is 2.72. The Morgan fingerprint density at radius 3 is 2.70 bits per heavy atom. The predicted octanol–water partition coefficient (Wildman–Crippen LogP) is 1.69. The fourth-order valence-corrected chi connectivity index (χ4v) is 1.95. The molecule has 1 aromatic heterocycles. The number of nitrogens with one attached hydrogen (secondary N) is 2. The van der Waals surface area contributed by atoms with E-state index in [-0.39, 0.29) is 18.5 Å². The smallest absolute Gasteiger partial charge is 0.323 e.